The first kappa shape index (κ1) is 17.0. The highest BCUT2D eigenvalue weighted by Gasteiger charge is 2.21. The van der Waals surface area contributed by atoms with Gasteiger partial charge in [-0.3, -0.25) is 0 Å². The Morgan fingerprint density at radius 2 is 1.08 bits per heavy atom. The Morgan fingerprint density at radius 1 is 0.654 bits per heavy atom. The van der Waals surface area contributed by atoms with Crippen LogP contribution in [0.15, 0.2) is 57.2 Å². The van der Waals surface area contributed by atoms with Crippen LogP contribution in [0.4, 0.5) is 0 Å². The molecule has 0 bridgehead atoms. The summed E-state index contributed by atoms with van der Waals surface area (Å²) < 4.78 is 9.65. The molecule has 2 aromatic heterocycles. The van der Waals surface area contributed by atoms with E-state index in [1.807, 2.05) is 0 Å². The fraction of sp³-hybridized carbons (Fsp3) is 0.222. The minimum atomic E-state index is 1.04. The summed E-state index contributed by atoms with van der Waals surface area (Å²) in [6, 6.07) is 16.7. The Morgan fingerprint density at radius 3 is 1.50 bits per heavy atom. The third-order valence-electron chi connectivity index (χ3n) is 4.16. The molecule has 0 spiro atoms. The first-order valence-electron chi connectivity index (χ1n) is 8.40. The van der Waals surface area contributed by atoms with Crippen LogP contribution in [0.3, 0.4) is 0 Å². The van der Waals surface area contributed by atoms with E-state index in [1.54, 1.807) is 46.6 Å². The number of nitrogens with zero attached hydrogens (tertiary/aromatic N) is 4. The van der Waals surface area contributed by atoms with Gasteiger partial charge in [0.25, 0.3) is 0 Å². The number of rotatable bonds is 4. The smallest absolute Gasteiger partial charge is 0.166 e. The molecule has 1 aliphatic heterocycles. The van der Waals surface area contributed by atoms with Crippen LogP contribution in [-0.2, 0) is 0 Å². The minimum absolute atomic E-state index is 1.04. The molecule has 8 heteroatoms. The summed E-state index contributed by atoms with van der Waals surface area (Å²) in [7, 11) is 0. The van der Waals surface area contributed by atoms with Gasteiger partial charge in [0.05, 0.1) is 20.4 Å². The van der Waals surface area contributed by atoms with Gasteiger partial charge in [-0.25, -0.2) is 18.6 Å². The Labute approximate surface area is 168 Å². The maximum absolute atomic E-state index is 4.73. The lowest BCUT2D eigenvalue weighted by molar-refractivity contribution is 0.308. The van der Waals surface area contributed by atoms with E-state index in [0.717, 1.165) is 45.9 Å². The quantitative estimate of drug-likeness (QED) is 0.423. The second kappa shape index (κ2) is 7.46. The van der Waals surface area contributed by atoms with Gasteiger partial charge >= 0.3 is 0 Å². The molecule has 1 fully saturated rings. The predicted octanol–water partition coefficient (Wildman–Crippen LogP) is 5.24. The number of para-hydroxylation sites is 2. The molecular formula is C18H16N4S4. The maximum atomic E-state index is 4.73. The van der Waals surface area contributed by atoms with Crippen molar-refractivity contribution in [2.75, 3.05) is 26.2 Å². The molecule has 3 heterocycles. The van der Waals surface area contributed by atoms with E-state index in [-0.39, 0.29) is 0 Å². The zero-order valence-corrected chi connectivity index (χ0v) is 17.1. The van der Waals surface area contributed by atoms with Gasteiger partial charge in [0, 0.05) is 26.2 Å². The summed E-state index contributed by atoms with van der Waals surface area (Å²) >= 11 is 7.15. The largest absolute Gasteiger partial charge is 0.242 e. The van der Waals surface area contributed by atoms with E-state index in [1.165, 1.54) is 9.40 Å². The normalized spacial score (nSPS) is 16.6. The lowest BCUT2D eigenvalue weighted by atomic mass is 10.3. The number of piperazine rings is 1. The van der Waals surface area contributed by atoms with Gasteiger partial charge in [-0.1, -0.05) is 24.3 Å². The molecule has 4 nitrogen and oxygen atoms in total. The molecule has 26 heavy (non-hydrogen) atoms. The number of thiazole rings is 2. The molecule has 1 saturated heterocycles. The molecule has 0 unspecified atom stereocenters. The highest BCUT2D eigenvalue weighted by atomic mass is 32.2. The first-order chi connectivity index (χ1) is 12.8. The van der Waals surface area contributed by atoms with Crippen molar-refractivity contribution in [2.45, 2.75) is 8.68 Å². The van der Waals surface area contributed by atoms with Crippen molar-refractivity contribution < 1.29 is 0 Å². The van der Waals surface area contributed by atoms with Crippen LogP contribution in [0.2, 0.25) is 0 Å². The van der Waals surface area contributed by atoms with Gasteiger partial charge in [-0.05, 0) is 48.2 Å². The summed E-state index contributed by atoms with van der Waals surface area (Å²) in [4.78, 5) is 9.46. The summed E-state index contributed by atoms with van der Waals surface area (Å²) in [5.74, 6) is 0. The van der Waals surface area contributed by atoms with Gasteiger partial charge in [0.2, 0.25) is 0 Å². The van der Waals surface area contributed by atoms with Crippen LogP contribution in [0.25, 0.3) is 20.4 Å². The van der Waals surface area contributed by atoms with E-state index >= 15 is 0 Å². The molecule has 0 radical (unpaired) electrons. The van der Waals surface area contributed by atoms with Crippen LogP contribution >= 0.6 is 46.6 Å². The number of hydrogen-bond donors (Lipinski definition) is 0. The van der Waals surface area contributed by atoms with Crippen LogP contribution in [0, 0.1) is 0 Å². The summed E-state index contributed by atoms with van der Waals surface area (Å²) in [5.41, 5.74) is 2.20. The van der Waals surface area contributed by atoms with E-state index in [0.29, 0.717) is 0 Å². The number of aromatic nitrogens is 2. The number of fused-ring (bicyclic) bond motifs is 2. The second-order valence-electron chi connectivity index (χ2n) is 5.94. The number of hydrogen-bond acceptors (Lipinski definition) is 8. The Balaban J connectivity index is 1.19. The fourth-order valence-electron chi connectivity index (χ4n) is 2.85. The molecule has 0 aliphatic carbocycles. The number of benzene rings is 2. The van der Waals surface area contributed by atoms with Gasteiger partial charge in [-0.15, -0.1) is 22.7 Å². The van der Waals surface area contributed by atoms with Gasteiger partial charge in [-0.2, -0.15) is 0 Å². The van der Waals surface area contributed by atoms with Crippen molar-refractivity contribution in [3.05, 3.63) is 48.5 Å². The topological polar surface area (TPSA) is 32.3 Å². The van der Waals surface area contributed by atoms with Gasteiger partial charge in [0.1, 0.15) is 0 Å². The highest BCUT2D eigenvalue weighted by molar-refractivity contribution is 7.99. The average molecular weight is 417 g/mol. The zero-order valence-electron chi connectivity index (χ0n) is 13.9. The summed E-state index contributed by atoms with van der Waals surface area (Å²) in [6.07, 6.45) is 0. The van der Waals surface area contributed by atoms with E-state index in [9.17, 15) is 0 Å². The standard InChI is InChI=1S/C18H16N4S4/c1-3-7-15-13(5-1)19-17(23-15)25-21-9-11-22(12-10-21)26-18-20-14-6-2-4-8-16(14)24-18/h1-8H,9-12H2. The highest BCUT2D eigenvalue weighted by Crippen LogP contribution is 2.35. The SMILES string of the molecule is c1ccc2sc(SN3CCN(Sc4nc5ccccc5s4)CC3)nc2c1. The van der Waals surface area contributed by atoms with E-state index in [2.05, 4.69) is 57.1 Å². The molecule has 4 aromatic rings. The van der Waals surface area contributed by atoms with Crippen molar-refractivity contribution in [1.29, 1.82) is 0 Å². The van der Waals surface area contributed by atoms with Crippen LogP contribution < -0.4 is 0 Å². The van der Waals surface area contributed by atoms with Crippen molar-refractivity contribution in [3.8, 4) is 0 Å². The third kappa shape index (κ3) is 3.62. The fourth-order valence-corrected chi connectivity index (χ4v) is 7.13. The van der Waals surface area contributed by atoms with Crippen molar-refractivity contribution >= 4 is 67.0 Å². The van der Waals surface area contributed by atoms with E-state index in [4.69, 9.17) is 9.97 Å². The van der Waals surface area contributed by atoms with E-state index < -0.39 is 0 Å². The van der Waals surface area contributed by atoms with Crippen molar-refractivity contribution in [3.63, 3.8) is 0 Å². The molecule has 132 valence electrons. The molecule has 0 N–H and O–H groups in total. The molecule has 0 amide bonds. The lowest BCUT2D eigenvalue weighted by Crippen LogP contribution is -2.39. The summed E-state index contributed by atoms with van der Waals surface area (Å²) in [6.45, 7) is 4.16. The Hall–Kier alpha value is -1.16. The third-order valence-corrected chi connectivity index (χ3v) is 8.51. The van der Waals surface area contributed by atoms with Crippen LogP contribution in [-0.4, -0.2) is 44.8 Å². The molecular weight excluding hydrogens is 400 g/mol. The Kier molecular flexibility index (Phi) is 4.87. The van der Waals surface area contributed by atoms with Crippen LogP contribution in [0.1, 0.15) is 0 Å². The molecule has 0 saturated carbocycles. The van der Waals surface area contributed by atoms with Crippen LogP contribution in [0.5, 0.6) is 0 Å². The van der Waals surface area contributed by atoms with Gasteiger partial charge in [0.15, 0.2) is 8.68 Å². The first-order valence-corrected chi connectivity index (χ1v) is 11.6. The minimum Gasteiger partial charge on any atom is -0.242 e. The molecule has 1 aliphatic rings. The molecule has 0 atom stereocenters. The zero-order chi connectivity index (χ0) is 17.3. The molecule has 2 aromatic carbocycles. The summed E-state index contributed by atoms with van der Waals surface area (Å²) in [5, 5.41) is 0. The average Bonchev–Trinajstić information content (AvgIpc) is 3.25. The Bertz CT molecular complexity index is 886. The van der Waals surface area contributed by atoms with Crippen molar-refractivity contribution in [1.82, 2.24) is 18.6 Å². The predicted molar refractivity (Wildman–Crippen MR) is 114 cm³/mol. The second-order valence-corrected chi connectivity index (χ2v) is 10.7. The maximum Gasteiger partial charge on any atom is 0.166 e. The molecule has 5 rings (SSSR count). The lowest BCUT2D eigenvalue weighted by Gasteiger charge is -2.31. The monoisotopic (exact) mass is 416 g/mol. The van der Waals surface area contributed by atoms with Crippen molar-refractivity contribution in [2.24, 2.45) is 0 Å². The van der Waals surface area contributed by atoms with Gasteiger partial charge < -0.3 is 0 Å².